The summed E-state index contributed by atoms with van der Waals surface area (Å²) in [5, 5.41) is 9.88. The molecule has 0 unspecified atom stereocenters. The molecule has 0 radical (unpaired) electrons. The van der Waals surface area contributed by atoms with Crippen LogP contribution in [0, 0.1) is 0 Å². The van der Waals surface area contributed by atoms with Gasteiger partial charge in [-0.1, -0.05) is 12.1 Å². The van der Waals surface area contributed by atoms with Gasteiger partial charge in [0, 0.05) is 24.2 Å². The number of aromatic nitrogens is 2. The molecule has 1 aliphatic rings. The van der Waals surface area contributed by atoms with Gasteiger partial charge in [0.05, 0.1) is 19.3 Å². The van der Waals surface area contributed by atoms with E-state index in [4.69, 9.17) is 9.47 Å². The Bertz CT molecular complexity index is 854. The number of benzene rings is 1. The molecule has 0 atom stereocenters. The van der Waals surface area contributed by atoms with Crippen LogP contribution in [0.3, 0.4) is 0 Å². The normalized spacial score (nSPS) is 13.7. The summed E-state index contributed by atoms with van der Waals surface area (Å²) in [4.78, 5) is 26.7. The lowest BCUT2D eigenvalue weighted by Crippen LogP contribution is -2.40. The number of nitrogens with one attached hydrogen (secondary N) is 2. The van der Waals surface area contributed by atoms with Crippen LogP contribution in [-0.2, 0) is 17.7 Å². The topological polar surface area (TPSA) is 96.5 Å². The number of fused-ring (bicyclic) bond motifs is 1. The fraction of sp³-hybridized carbons (Fsp3) is 0.421. The summed E-state index contributed by atoms with van der Waals surface area (Å²) in [6, 6.07) is 7.15. The lowest BCUT2D eigenvalue weighted by Gasteiger charge is -2.30. The van der Waals surface area contributed by atoms with Gasteiger partial charge in [-0.2, -0.15) is 5.10 Å². The average Bonchev–Trinajstić information content (AvgIpc) is 3.04. The number of rotatable bonds is 3. The highest BCUT2D eigenvalue weighted by molar-refractivity contribution is 6.04. The minimum absolute atomic E-state index is 0.268. The molecule has 2 amide bonds. The fourth-order valence-electron chi connectivity index (χ4n) is 2.89. The first-order valence-corrected chi connectivity index (χ1v) is 8.77. The van der Waals surface area contributed by atoms with Crippen molar-refractivity contribution in [1.82, 2.24) is 15.1 Å². The predicted molar refractivity (Wildman–Crippen MR) is 99.9 cm³/mol. The van der Waals surface area contributed by atoms with Crippen LogP contribution in [0.2, 0.25) is 0 Å². The number of anilines is 1. The number of hydrogen-bond acceptors (Lipinski definition) is 5. The standard InChI is InChI=1S/C19H24N4O4/c1-19(2,3)27-18(25)23-10-9-13-12(11-23)16(22-21-13)17(24)20-14-7-5-6-8-15(14)26-4/h5-8H,9-11H2,1-4H3,(H,20,24)(H,21,22). The highest BCUT2D eigenvalue weighted by Gasteiger charge is 2.30. The zero-order chi connectivity index (χ0) is 19.6. The lowest BCUT2D eigenvalue weighted by molar-refractivity contribution is 0.0222. The molecule has 3 rings (SSSR count). The number of nitrogens with zero attached hydrogens (tertiary/aromatic N) is 2. The molecule has 0 spiro atoms. The van der Waals surface area contributed by atoms with Gasteiger partial charge in [-0.15, -0.1) is 0 Å². The molecule has 0 saturated heterocycles. The van der Waals surface area contributed by atoms with Crippen molar-refractivity contribution in [3.63, 3.8) is 0 Å². The minimum Gasteiger partial charge on any atom is -0.495 e. The highest BCUT2D eigenvalue weighted by atomic mass is 16.6. The second kappa shape index (κ2) is 7.30. The number of carbonyl (C=O) groups is 2. The van der Waals surface area contributed by atoms with E-state index in [-0.39, 0.29) is 18.1 Å². The van der Waals surface area contributed by atoms with Crippen molar-refractivity contribution in [2.24, 2.45) is 0 Å². The van der Waals surface area contributed by atoms with E-state index < -0.39 is 11.7 Å². The zero-order valence-corrected chi connectivity index (χ0v) is 16.0. The van der Waals surface area contributed by atoms with Gasteiger partial charge in [-0.05, 0) is 32.9 Å². The second-order valence-corrected chi connectivity index (χ2v) is 7.34. The van der Waals surface area contributed by atoms with Crippen molar-refractivity contribution in [3.8, 4) is 5.75 Å². The zero-order valence-electron chi connectivity index (χ0n) is 16.0. The molecule has 8 nitrogen and oxygen atoms in total. The van der Waals surface area contributed by atoms with Gasteiger partial charge in [0.15, 0.2) is 5.69 Å². The summed E-state index contributed by atoms with van der Waals surface area (Å²) in [5.74, 6) is 0.202. The predicted octanol–water partition coefficient (Wildman–Crippen LogP) is 2.96. The van der Waals surface area contributed by atoms with Crippen molar-refractivity contribution < 1.29 is 19.1 Å². The molecule has 0 bridgehead atoms. The minimum atomic E-state index is -0.572. The smallest absolute Gasteiger partial charge is 0.410 e. The van der Waals surface area contributed by atoms with Crippen molar-refractivity contribution in [2.75, 3.05) is 19.0 Å². The lowest BCUT2D eigenvalue weighted by atomic mass is 10.1. The van der Waals surface area contributed by atoms with E-state index in [2.05, 4.69) is 15.5 Å². The van der Waals surface area contributed by atoms with Crippen molar-refractivity contribution >= 4 is 17.7 Å². The van der Waals surface area contributed by atoms with Gasteiger partial charge in [-0.25, -0.2) is 4.79 Å². The maximum atomic E-state index is 12.7. The van der Waals surface area contributed by atoms with Crippen molar-refractivity contribution in [2.45, 2.75) is 39.3 Å². The van der Waals surface area contributed by atoms with E-state index >= 15 is 0 Å². The van der Waals surface area contributed by atoms with Gasteiger partial charge < -0.3 is 19.7 Å². The van der Waals surface area contributed by atoms with E-state index in [9.17, 15) is 9.59 Å². The molecule has 27 heavy (non-hydrogen) atoms. The number of hydrogen-bond donors (Lipinski definition) is 2. The van der Waals surface area contributed by atoms with Gasteiger partial charge in [0.2, 0.25) is 0 Å². The molecule has 2 heterocycles. The first kappa shape index (κ1) is 18.8. The molecule has 144 valence electrons. The Hall–Kier alpha value is -3.03. The average molecular weight is 372 g/mol. The number of methoxy groups -OCH3 is 1. The van der Waals surface area contributed by atoms with Crippen LogP contribution in [0.5, 0.6) is 5.75 Å². The Morgan fingerprint density at radius 2 is 2.00 bits per heavy atom. The van der Waals surface area contributed by atoms with Crippen LogP contribution in [0.1, 0.15) is 42.5 Å². The highest BCUT2D eigenvalue weighted by Crippen LogP contribution is 2.26. The molecule has 1 aromatic carbocycles. The maximum absolute atomic E-state index is 12.7. The molecule has 0 saturated carbocycles. The van der Waals surface area contributed by atoms with E-state index in [1.54, 1.807) is 24.1 Å². The summed E-state index contributed by atoms with van der Waals surface area (Å²) in [7, 11) is 1.54. The Morgan fingerprint density at radius 3 is 2.70 bits per heavy atom. The van der Waals surface area contributed by atoms with Crippen LogP contribution < -0.4 is 10.1 Å². The Morgan fingerprint density at radius 1 is 1.26 bits per heavy atom. The summed E-state index contributed by atoms with van der Waals surface area (Å²) in [6.07, 6.45) is 0.189. The molecule has 2 aromatic rings. The molecule has 8 heteroatoms. The third-order valence-corrected chi connectivity index (χ3v) is 4.16. The molecule has 0 fully saturated rings. The maximum Gasteiger partial charge on any atom is 0.410 e. The number of H-pyrrole nitrogens is 1. The first-order valence-electron chi connectivity index (χ1n) is 8.77. The van der Waals surface area contributed by atoms with E-state index in [1.807, 2.05) is 32.9 Å². The summed E-state index contributed by atoms with van der Waals surface area (Å²) in [5.41, 5.74) is 1.82. The summed E-state index contributed by atoms with van der Waals surface area (Å²) < 4.78 is 10.7. The number of amides is 2. The number of aromatic amines is 1. The van der Waals surface area contributed by atoms with Crippen LogP contribution in [0.4, 0.5) is 10.5 Å². The number of para-hydroxylation sites is 2. The fourth-order valence-corrected chi connectivity index (χ4v) is 2.89. The van der Waals surface area contributed by atoms with Gasteiger partial charge in [0.25, 0.3) is 5.91 Å². The SMILES string of the molecule is COc1ccccc1NC(=O)c1n[nH]c2c1CN(C(=O)OC(C)(C)C)CC2. The largest absolute Gasteiger partial charge is 0.495 e. The third-order valence-electron chi connectivity index (χ3n) is 4.16. The Labute approximate surface area is 157 Å². The third kappa shape index (κ3) is 4.21. The Balaban J connectivity index is 1.77. The van der Waals surface area contributed by atoms with Crippen LogP contribution >= 0.6 is 0 Å². The molecule has 1 aromatic heterocycles. The van der Waals surface area contributed by atoms with Gasteiger partial charge in [0.1, 0.15) is 11.4 Å². The quantitative estimate of drug-likeness (QED) is 0.863. The molecular formula is C19H24N4O4. The van der Waals surface area contributed by atoms with Crippen molar-refractivity contribution in [1.29, 1.82) is 0 Å². The van der Waals surface area contributed by atoms with E-state index in [0.29, 0.717) is 30.0 Å². The number of carbonyl (C=O) groups excluding carboxylic acids is 2. The van der Waals surface area contributed by atoms with Crippen LogP contribution in [-0.4, -0.2) is 46.4 Å². The molecule has 2 N–H and O–H groups in total. The van der Waals surface area contributed by atoms with Gasteiger partial charge >= 0.3 is 6.09 Å². The van der Waals surface area contributed by atoms with Crippen molar-refractivity contribution in [3.05, 3.63) is 41.2 Å². The molecule has 1 aliphatic heterocycles. The van der Waals surface area contributed by atoms with Crippen LogP contribution in [0.25, 0.3) is 0 Å². The second-order valence-electron chi connectivity index (χ2n) is 7.34. The van der Waals surface area contributed by atoms with E-state index in [1.165, 1.54) is 0 Å². The van der Waals surface area contributed by atoms with Crippen LogP contribution in [0.15, 0.2) is 24.3 Å². The molecule has 0 aliphatic carbocycles. The Kier molecular flexibility index (Phi) is 5.07. The number of ether oxygens (including phenoxy) is 2. The first-order chi connectivity index (χ1) is 12.8. The monoisotopic (exact) mass is 372 g/mol. The molecular weight excluding hydrogens is 348 g/mol. The van der Waals surface area contributed by atoms with E-state index in [0.717, 1.165) is 5.69 Å². The van der Waals surface area contributed by atoms with Gasteiger partial charge in [-0.3, -0.25) is 9.89 Å². The summed E-state index contributed by atoms with van der Waals surface area (Å²) in [6.45, 7) is 6.26. The summed E-state index contributed by atoms with van der Waals surface area (Å²) >= 11 is 0.